The summed E-state index contributed by atoms with van der Waals surface area (Å²) in [5, 5.41) is 16.8. The zero-order valence-electron chi connectivity index (χ0n) is 14.8. The van der Waals surface area contributed by atoms with Crippen molar-refractivity contribution in [3.8, 4) is 5.75 Å². The molecule has 0 atom stereocenters. The van der Waals surface area contributed by atoms with Crippen LogP contribution < -0.4 is 15.4 Å². The molecule has 1 aliphatic heterocycles. The number of hydrogen-bond acceptors (Lipinski definition) is 5. The van der Waals surface area contributed by atoms with Gasteiger partial charge in [-0.25, -0.2) is 0 Å². The van der Waals surface area contributed by atoms with Crippen molar-refractivity contribution in [2.45, 2.75) is 37.8 Å². The fraction of sp³-hybridized carbons (Fsp3) is 0.500. The van der Waals surface area contributed by atoms with E-state index in [1.54, 1.807) is 6.20 Å². The molecule has 3 N–H and O–H groups in total. The van der Waals surface area contributed by atoms with Crippen LogP contribution in [0.1, 0.15) is 25.7 Å². The first-order valence-corrected chi connectivity index (χ1v) is 9.32. The van der Waals surface area contributed by atoms with E-state index in [0.717, 1.165) is 42.3 Å². The molecule has 2 aliphatic rings. The number of carbonyl (C=O) groups excluding carboxylic acids is 1. The van der Waals surface area contributed by atoms with Crippen LogP contribution in [0.3, 0.4) is 0 Å². The van der Waals surface area contributed by atoms with E-state index in [1.807, 2.05) is 30.3 Å². The number of nitrogens with one attached hydrogen (secondary N) is 2. The molecular weight excluding hydrogens is 330 g/mol. The number of benzene rings is 1. The first-order valence-electron chi connectivity index (χ1n) is 9.32. The third kappa shape index (κ3) is 3.39. The van der Waals surface area contributed by atoms with Gasteiger partial charge in [-0.15, -0.1) is 0 Å². The van der Waals surface area contributed by atoms with Gasteiger partial charge < -0.3 is 20.5 Å². The largest absolute Gasteiger partial charge is 0.490 e. The van der Waals surface area contributed by atoms with Crippen molar-refractivity contribution in [2.75, 3.05) is 19.7 Å². The monoisotopic (exact) mass is 355 g/mol. The first-order chi connectivity index (χ1) is 12.7. The lowest BCUT2D eigenvalue weighted by atomic mass is 9.81. The van der Waals surface area contributed by atoms with E-state index in [4.69, 9.17) is 4.74 Å². The average Bonchev–Trinajstić information content (AvgIpc) is 2.63. The normalized spacial score (nSPS) is 24.7. The number of pyridine rings is 1. The highest BCUT2D eigenvalue weighted by Crippen LogP contribution is 2.27. The molecule has 1 aliphatic carbocycles. The van der Waals surface area contributed by atoms with Crippen LogP contribution in [0.25, 0.3) is 10.9 Å². The molecule has 0 unspecified atom stereocenters. The summed E-state index contributed by atoms with van der Waals surface area (Å²) in [5.74, 6) is 0.850. The Morgan fingerprint density at radius 1 is 1.27 bits per heavy atom. The second-order valence-corrected chi connectivity index (χ2v) is 7.46. The van der Waals surface area contributed by atoms with Gasteiger partial charge in [-0.2, -0.15) is 0 Å². The topological polar surface area (TPSA) is 83.5 Å². The Balaban J connectivity index is 1.30. The SMILES string of the molecule is O=C(NC1CCC(Oc2ccc3ncccc3c2)CC1)C1(CO)CNC1. The lowest BCUT2D eigenvalue weighted by Crippen LogP contribution is -2.64. The Bertz CT molecular complexity index is 777. The van der Waals surface area contributed by atoms with Gasteiger partial charge in [0.2, 0.25) is 5.91 Å². The van der Waals surface area contributed by atoms with Crippen molar-refractivity contribution in [2.24, 2.45) is 5.41 Å². The number of nitrogens with zero attached hydrogens (tertiary/aromatic N) is 1. The molecule has 1 saturated carbocycles. The smallest absolute Gasteiger partial charge is 0.231 e. The molecule has 6 heteroatoms. The number of aromatic nitrogens is 1. The molecular formula is C20H25N3O3. The Kier molecular flexibility index (Phi) is 4.78. The van der Waals surface area contributed by atoms with E-state index in [-0.39, 0.29) is 24.7 Å². The molecule has 6 nitrogen and oxygen atoms in total. The van der Waals surface area contributed by atoms with Crippen molar-refractivity contribution in [3.05, 3.63) is 36.5 Å². The molecule has 138 valence electrons. The summed E-state index contributed by atoms with van der Waals surface area (Å²) in [5.41, 5.74) is 0.349. The van der Waals surface area contributed by atoms with Crippen molar-refractivity contribution in [1.29, 1.82) is 0 Å². The summed E-state index contributed by atoms with van der Waals surface area (Å²) >= 11 is 0. The van der Waals surface area contributed by atoms with Gasteiger partial charge in [-0.05, 0) is 49.9 Å². The molecule has 1 saturated heterocycles. The molecule has 4 rings (SSSR count). The van der Waals surface area contributed by atoms with Gasteiger partial charge in [0.25, 0.3) is 0 Å². The number of rotatable bonds is 5. The number of ether oxygens (including phenoxy) is 1. The van der Waals surface area contributed by atoms with Crippen LogP contribution in [0.2, 0.25) is 0 Å². The van der Waals surface area contributed by atoms with Gasteiger partial charge in [-0.3, -0.25) is 9.78 Å². The van der Waals surface area contributed by atoms with Crippen LogP contribution in [0.15, 0.2) is 36.5 Å². The fourth-order valence-corrected chi connectivity index (χ4v) is 3.75. The van der Waals surface area contributed by atoms with Gasteiger partial charge in [0, 0.05) is 30.7 Å². The van der Waals surface area contributed by atoms with E-state index >= 15 is 0 Å². The minimum atomic E-state index is -0.619. The van der Waals surface area contributed by atoms with Crippen LogP contribution >= 0.6 is 0 Å². The standard InChI is InChI=1S/C20H25N3O3/c24-13-20(11-21-12-20)19(25)23-15-3-5-16(6-4-15)26-17-7-8-18-14(10-17)2-1-9-22-18/h1-2,7-10,15-16,21,24H,3-6,11-13H2,(H,23,25). The summed E-state index contributed by atoms with van der Waals surface area (Å²) in [4.78, 5) is 16.7. The Hall–Kier alpha value is -2.18. The molecule has 1 aromatic carbocycles. The highest BCUT2D eigenvalue weighted by Gasteiger charge is 2.44. The molecule has 0 radical (unpaired) electrons. The predicted molar refractivity (Wildman–Crippen MR) is 98.9 cm³/mol. The van der Waals surface area contributed by atoms with Crippen LogP contribution in [0, 0.1) is 5.41 Å². The quantitative estimate of drug-likeness (QED) is 0.759. The number of fused-ring (bicyclic) bond motifs is 1. The van der Waals surface area contributed by atoms with E-state index < -0.39 is 5.41 Å². The zero-order valence-corrected chi connectivity index (χ0v) is 14.8. The van der Waals surface area contributed by atoms with Crippen LogP contribution in [-0.2, 0) is 4.79 Å². The van der Waals surface area contributed by atoms with E-state index in [0.29, 0.717) is 13.1 Å². The maximum Gasteiger partial charge on any atom is 0.231 e. The maximum absolute atomic E-state index is 12.4. The average molecular weight is 355 g/mol. The van der Waals surface area contributed by atoms with Crippen molar-refractivity contribution >= 4 is 16.8 Å². The van der Waals surface area contributed by atoms with Gasteiger partial charge in [0.1, 0.15) is 5.75 Å². The second kappa shape index (κ2) is 7.21. The summed E-state index contributed by atoms with van der Waals surface area (Å²) < 4.78 is 6.15. The van der Waals surface area contributed by atoms with E-state index in [2.05, 4.69) is 15.6 Å². The van der Waals surface area contributed by atoms with E-state index in [9.17, 15) is 9.90 Å². The van der Waals surface area contributed by atoms with Crippen molar-refractivity contribution in [1.82, 2.24) is 15.6 Å². The minimum absolute atomic E-state index is 0.0230. The summed E-state index contributed by atoms with van der Waals surface area (Å²) in [6.07, 6.45) is 5.61. The number of aliphatic hydroxyl groups excluding tert-OH is 1. The molecule has 1 amide bonds. The van der Waals surface area contributed by atoms with Crippen LogP contribution in [-0.4, -0.2) is 47.8 Å². The van der Waals surface area contributed by atoms with Crippen LogP contribution in [0.5, 0.6) is 5.75 Å². The highest BCUT2D eigenvalue weighted by atomic mass is 16.5. The molecule has 0 bridgehead atoms. The van der Waals surface area contributed by atoms with Crippen LogP contribution in [0.4, 0.5) is 0 Å². The summed E-state index contributed by atoms with van der Waals surface area (Å²) in [7, 11) is 0. The fourth-order valence-electron chi connectivity index (χ4n) is 3.75. The van der Waals surface area contributed by atoms with Gasteiger partial charge >= 0.3 is 0 Å². The van der Waals surface area contributed by atoms with Crippen molar-refractivity contribution in [3.63, 3.8) is 0 Å². The lowest BCUT2D eigenvalue weighted by molar-refractivity contribution is -0.138. The van der Waals surface area contributed by atoms with E-state index in [1.165, 1.54) is 0 Å². The number of amides is 1. The molecule has 2 aromatic rings. The highest BCUT2D eigenvalue weighted by molar-refractivity contribution is 5.84. The third-order valence-corrected chi connectivity index (χ3v) is 5.60. The Morgan fingerprint density at radius 2 is 2.08 bits per heavy atom. The molecule has 2 heterocycles. The molecule has 0 spiro atoms. The number of aliphatic hydroxyl groups is 1. The summed E-state index contributed by atoms with van der Waals surface area (Å²) in [6.45, 7) is 1.02. The Labute approximate surface area is 153 Å². The summed E-state index contributed by atoms with van der Waals surface area (Å²) in [6, 6.07) is 10.1. The number of hydrogen-bond donors (Lipinski definition) is 3. The third-order valence-electron chi connectivity index (χ3n) is 5.60. The molecule has 2 fully saturated rings. The maximum atomic E-state index is 12.4. The first kappa shape index (κ1) is 17.2. The second-order valence-electron chi connectivity index (χ2n) is 7.46. The lowest BCUT2D eigenvalue weighted by Gasteiger charge is -2.41. The zero-order chi connectivity index (χ0) is 18.0. The minimum Gasteiger partial charge on any atom is -0.490 e. The van der Waals surface area contributed by atoms with Gasteiger partial charge in [0.15, 0.2) is 0 Å². The predicted octanol–water partition coefficient (Wildman–Crippen LogP) is 1.62. The van der Waals surface area contributed by atoms with Crippen molar-refractivity contribution < 1.29 is 14.6 Å². The van der Waals surface area contributed by atoms with Gasteiger partial charge in [-0.1, -0.05) is 6.07 Å². The van der Waals surface area contributed by atoms with Gasteiger partial charge in [0.05, 0.1) is 23.6 Å². The number of carbonyl (C=O) groups is 1. The molecule has 26 heavy (non-hydrogen) atoms. The molecule has 1 aromatic heterocycles. The Morgan fingerprint density at radius 3 is 2.77 bits per heavy atom.